The Hall–Kier alpha value is -1.06. The van der Waals surface area contributed by atoms with Gasteiger partial charge in [0.2, 0.25) is 11.8 Å². The van der Waals surface area contributed by atoms with Crippen molar-refractivity contribution in [3.05, 3.63) is 0 Å². The third kappa shape index (κ3) is 2.77. The molecule has 2 amide bonds. The number of hydrogen-bond acceptors (Lipinski definition) is 2. The summed E-state index contributed by atoms with van der Waals surface area (Å²) in [7, 11) is 0. The second kappa shape index (κ2) is 5.14. The van der Waals surface area contributed by atoms with Crippen molar-refractivity contribution >= 4 is 11.8 Å². The Balaban J connectivity index is 2.06. The molecule has 108 valence electrons. The normalized spacial score (nSPS) is 31.8. The number of nitrogens with zero attached hydrogens (tertiary/aromatic N) is 1. The molecule has 1 aliphatic heterocycles. The first-order valence-electron chi connectivity index (χ1n) is 7.49. The summed E-state index contributed by atoms with van der Waals surface area (Å²) in [4.78, 5) is 26.6. The quantitative estimate of drug-likeness (QED) is 0.826. The van der Waals surface area contributed by atoms with Gasteiger partial charge in [-0.25, -0.2) is 0 Å². The molecule has 2 aliphatic rings. The van der Waals surface area contributed by atoms with Crippen molar-refractivity contribution in [2.45, 2.75) is 65.0 Å². The van der Waals surface area contributed by atoms with Gasteiger partial charge in [-0.1, -0.05) is 13.8 Å². The van der Waals surface area contributed by atoms with E-state index in [2.05, 4.69) is 19.2 Å². The molecule has 4 nitrogen and oxygen atoms in total. The number of amides is 2. The average molecular weight is 266 g/mol. The number of carbonyl (C=O) groups excluding carboxylic acids is 2. The van der Waals surface area contributed by atoms with E-state index >= 15 is 0 Å². The summed E-state index contributed by atoms with van der Waals surface area (Å²) >= 11 is 0. The summed E-state index contributed by atoms with van der Waals surface area (Å²) in [6, 6.07) is -0.327. The van der Waals surface area contributed by atoms with E-state index in [4.69, 9.17) is 0 Å². The average Bonchev–Trinajstić information content (AvgIpc) is 3.15. The summed E-state index contributed by atoms with van der Waals surface area (Å²) in [6.07, 6.45) is 4.17. The fraction of sp³-hybridized carbons (Fsp3) is 0.867. The third-order valence-corrected chi connectivity index (χ3v) is 4.51. The van der Waals surface area contributed by atoms with Crippen molar-refractivity contribution in [3.8, 4) is 0 Å². The maximum absolute atomic E-state index is 12.7. The van der Waals surface area contributed by atoms with Gasteiger partial charge in [0.25, 0.3) is 0 Å². The molecule has 2 rings (SSSR count). The number of carbonyl (C=O) groups is 2. The molecule has 4 heteroatoms. The minimum Gasteiger partial charge on any atom is -0.340 e. The lowest BCUT2D eigenvalue weighted by molar-refractivity contribution is -0.154. The van der Waals surface area contributed by atoms with E-state index in [1.165, 1.54) is 0 Å². The van der Waals surface area contributed by atoms with Crippen molar-refractivity contribution in [1.29, 1.82) is 0 Å². The molecule has 0 spiro atoms. The molecule has 0 aromatic rings. The Morgan fingerprint density at radius 1 is 1.37 bits per heavy atom. The van der Waals surface area contributed by atoms with Crippen LogP contribution >= 0.6 is 0 Å². The minimum atomic E-state index is -0.651. The molecular formula is C15H26N2O2. The third-order valence-electron chi connectivity index (χ3n) is 4.51. The summed E-state index contributed by atoms with van der Waals surface area (Å²) in [5.41, 5.74) is -0.651. The molecular weight excluding hydrogens is 240 g/mol. The van der Waals surface area contributed by atoms with Gasteiger partial charge in [-0.15, -0.1) is 0 Å². The Bertz CT molecular complexity index is 376. The predicted octanol–water partition coefficient (Wildman–Crippen LogP) is 1.94. The lowest BCUT2D eigenvalue weighted by Gasteiger charge is -2.43. The Morgan fingerprint density at radius 2 is 2.00 bits per heavy atom. The molecule has 1 saturated heterocycles. The molecule has 1 saturated carbocycles. The molecule has 0 aromatic heterocycles. The van der Waals surface area contributed by atoms with E-state index in [1.807, 2.05) is 13.8 Å². The lowest BCUT2D eigenvalue weighted by Crippen LogP contribution is -2.69. The predicted molar refractivity (Wildman–Crippen MR) is 74.5 cm³/mol. The minimum absolute atomic E-state index is 0.00135. The highest BCUT2D eigenvalue weighted by molar-refractivity contribution is 5.99. The zero-order valence-electron chi connectivity index (χ0n) is 12.5. The highest BCUT2D eigenvalue weighted by atomic mass is 16.2. The molecule has 0 radical (unpaired) electrons. The van der Waals surface area contributed by atoms with Gasteiger partial charge in [0.15, 0.2) is 0 Å². The number of piperazine rings is 1. The second-order valence-corrected chi connectivity index (χ2v) is 6.68. The summed E-state index contributed by atoms with van der Waals surface area (Å²) in [5, 5.41) is 2.95. The van der Waals surface area contributed by atoms with Crippen LogP contribution in [0.4, 0.5) is 0 Å². The summed E-state index contributed by atoms with van der Waals surface area (Å²) < 4.78 is 0. The van der Waals surface area contributed by atoms with Crippen LogP contribution in [0, 0.1) is 11.8 Å². The van der Waals surface area contributed by atoms with Crippen LogP contribution in [0.15, 0.2) is 0 Å². The van der Waals surface area contributed by atoms with Crippen molar-refractivity contribution < 1.29 is 9.59 Å². The first-order chi connectivity index (χ1) is 8.86. The molecule has 0 bridgehead atoms. The largest absolute Gasteiger partial charge is 0.340 e. The Kier molecular flexibility index (Phi) is 3.88. The molecule has 2 atom stereocenters. The van der Waals surface area contributed by atoms with Crippen LogP contribution in [0.3, 0.4) is 0 Å². The molecule has 1 N–H and O–H groups in total. The van der Waals surface area contributed by atoms with Gasteiger partial charge < -0.3 is 10.2 Å². The molecule has 1 heterocycles. The van der Waals surface area contributed by atoms with Crippen molar-refractivity contribution in [1.82, 2.24) is 10.2 Å². The Morgan fingerprint density at radius 3 is 2.53 bits per heavy atom. The number of rotatable bonds is 5. The van der Waals surface area contributed by atoms with Gasteiger partial charge in [0.1, 0.15) is 11.6 Å². The van der Waals surface area contributed by atoms with Crippen molar-refractivity contribution in [2.24, 2.45) is 11.8 Å². The van der Waals surface area contributed by atoms with Crippen LogP contribution in [0.25, 0.3) is 0 Å². The van der Waals surface area contributed by atoms with Crippen molar-refractivity contribution in [2.75, 3.05) is 6.54 Å². The molecule has 2 unspecified atom stereocenters. The highest BCUT2D eigenvalue weighted by Gasteiger charge is 2.54. The fourth-order valence-electron chi connectivity index (χ4n) is 2.93. The SMILES string of the molecule is CC(C)CCCN1C(=O)C(C)(C2CC2)NC(=O)C1C. The van der Waals surface area contributed by atoms with E-state index in [0.29, 0.717) is 18.4 Å². The molecule has 2 fully saturated rings. The smallest absolute Gasteiger partial charge is 0.248 e. The van der Waals surface area contributed by atoms with E-state index in [1.54, 1.807) is 4.90 Å². The van der Waals surface area contributed by atoms with E-state index < -0.39 is 5.54 Å². The molecule has 1 aliphatic carbocycles. The van der Waals surface area contributed by atoms with Crippen LogP contribution in [0.1, 0.15) is 53.4 Å². The van der Waals surface area contributed by atoms with Gasteiger partial charge in [-0.05, 0) is 51.4 Å². The first kappa shape index (κ1) is 14.4. The van der Waals surface area contributed by atoms with Crippen LogP contribution in [0.2, 0.25) is 0 Å². The van der Waals surface area contributed by atoms with Crippen LogP contribution in [-0.4, -0.2) is 34.8 Å². The first-order valence-corrected chi connectivity index (χ1v) is 7.49. The standard InChI is InChI=1S/C15H26N2O2/c1-10(2)6-5-9-17-11(3)13(18)16-15(4,14(17)19)12-7-8-12/h10-12H,5-9H2,1-4H3,(H,16,18). The maximum Gasteiger partial charge on any atom is 0.248 e. The zero-order chi connectivity index (χ0) is 14.2. The highest BCUT2D eigenvalue weighted by Crippen LogP contribution is 2.42. The van der Waals surface area contributed by atoms with Crippen LogP contribution < -0.4 is 5.32 Å². The monoisotopic (exact) mass is 266 g/mol. The van der Waals surface area contributed by atoms with Crippen molar-refractivity contribution in [3.63, 3.8) is 0 Å². The second-order valence-electron chi connectivity index (χ2n) is 6.68. The van der Waals surface area contributed by atoms with E-state index in [9.17, 15) is 9.59 Å². The van der Waals surface area contributed by atoms with Crippen LogP contribution in [0.5, 0.6) is 0 Å². The summed E-state index contributed by atoms with van der Waals surface area (Å²) in [6.45, 7) is 8.79. The molecule has 19 heavy (non-hydrogen) atoms. The van der Waals surface area contributed by atoms with Gasteiger partial charge in [-0.2, -0.15) is 0 Å². The topological polar surface area (TPSA) is 49.4 Å². The Labute approximate surface area is 115 Å². The zero-order valence-corrected chi connectivity index (χ0v) is 12.5. The maximum atomic E-state index is 12.7. The molecule has 0 aromatic carbocycles. The van der Waals surface area contributed by atoms with Gasteiger partial charge in [0, 0.05) is 6.54 Å². The van der Waals surface area contributed by atoms with Gasteiger partial charge in [-0.3, -0.25) is 9.59 Å². The van der Waals surface area contributed by atoms with Gasteiger partial charge in [0.05, 0.1) is 0 Å². The lowest BCUT2D eigenvalue weighted by atomic mass is 9.89. The summed E-state index contributed by atoms with van der Waals surface area (Å²) in [5.74, 6) is 1.09. The van der Waals surface area contributed by atoms with E-state index in [0.717, 1.165) is 25.7 Å². The van der Waals surface area contributed by atoms with Gasteiger partial charge >= 0.3 is 0 Å². The number of hydrogen-bond donors (Lipinski definition) is 1. The van der Waals surface area contributed by atoms with E-state index in [-0.39, 0.29) is 17.9 Å². The fourth-order valence-corrected chi connectivity index (χ4v) is 2.93. The van der Waals surface area contributed by atoms with Crippen LogP contribution in [-0.2, 0) is 9.59 Å². The number of nitrogens with one attached hydrogen (secondary N) is 1.